The predicted molar refractivity (Wildman–Crippen MR) is 185 cm³/mol. The van der Waals surface area contributed by atoms with Crippen molar-refractivity contribution in [3.63, 3.8) is 0 Å². The molecule has 46 heavy (non-hydrogen) atoms. The Hall–Kier alpha value is -4.14. The van der Waals surface area contributed by atoms with E-state index >= 15 is 0 Å². The second-order valence-corrected chi connectivity index (χ2v) is 13.8. The average molecular weight is 660 g/mol. The Morgan fingerprint density at radius 2 is 1.50 bits per heavy atom. The standard InChI is InChI=1S/C37H42ClN3O4S/c1-5-6-22-39-37(43)35(24-30-12-8-7-9-13-30)40(25-31-14-10-11-15-33(31)38)36(42)26-41(34-23-28(3)16-19-29(34)4)46(44,45)32-20-17-27(2)18-21-32/h7-21,23,35H,5-6,22,24-26H2,1-4H3,(H,39,43)/t35-/m0/s1. The molecule has 9 heteroatoms. The maximum atomic E-state index is 14.6. The van der Waals surface area contributed by atoms with Crippen LogP contribution in [0.4, 0.5) is 5.69 Å². The third-order valence-corrected chi connectivity index (χ3v) is 10.1. The van der Waals surface area contributed by atoms with Gasteiger partial charge in [0.25, 0.3) is 10.0 Å². The highest BCUT2D eigenvalue weighted by atomic mass is 35.5. The fraction of sp³-hybridized carbons (Fsp3) is 0.297. The number of nitrogens with zero attached hydrogens (tertiary/aromatic N) is 2. The summed E-state index contributed by atoms with van der Waals surface area (Å²) in [5, 5.41) is 3.45. The average Bonchev–Trinajstić information content (AvgIpc) is 3.04. The summed E-state index contributed by atoms with van der Waals surface area (Å²) in [4.78, 5) is 30.1. The van der Waals surface area contributed by atoms with Crippen LogP contribution in [0.3, 0.4) is 0 Å². The number of rotatable bonds is 14. The van der Waals surface area contributed by atoms with E-state index in [1.807, 2.05) is 82.3 Å². The van der Waals surface area contributed by atoms with Crippen LogP contribution >= 0.6 is 11.6 Å². The Bertz CT molecular complexity index is 1740. The molecule has 4 rings (SSSR count). The van der Waals surface area contributed by atoms with Crippen LogP contribution in [0.25, 0.3) is 0 Å². The lowest BCUT2D eigenvalue weighted by molar-refractivity contribution is -0.140. The smallest absolute Gasteiger partial charge is 0.264 e. The Labute approximate surface area is 278 Å². The zero-order chi connectivity index (χ0) is 33.3. The zero-order valence-corrected chi connectivity index (χ0v) is 28.4. The van der Waals surface area contributed by atoms with Crippen molar-refractivity contribution in [1.29, 1.82) is 0 Å². The molecule has 4 aromatic carbocycles. The quantitative estimate of drug-likeness (QED) is 0.148. The lowest BCUT2D eigenvalue weighted by Gasteiger charge is -2.34. The first-order valence-electron chi connectivity index (χ1n) is 15.5. The van der Waals surface area contributed by atoms with Crippen molar-refractivity contribution in [3.05, 3.63) is 130 Å². The Morgan fingerprint density at radius 1 is 0.848 bits per heavy atom. The molecule has 242 valence electrons. The summed E-state index contributed by atoms with van der Waals surface area (Å²) < 4.78 is 29.8. The van der Waals surface area contributed by atoms with E-state index in [1.165, 1.54) is 4.90 Å². The molecule has 1 atom stereocenters. The first-order valence-corrected chi connectivity index (χ1v) is 17.3. The van der Waals surface area contributed by atoms with Gasteiger partial charge in [0, 0.05) is 24.5 Å². The molecule has 0 fully saturated rings. The van der Waals surface area contributed by atoms with Gasteiger partial charge in [-0.15, -0.1) is 0 Å². The molecule has 2 amide bonds. The lowest BCUT2D eigenvalue weighted by Crippen LogP contribution is -2.53. The summed E-state index contributed by atoms with van der Waals surface area (Å²) in [5.74, 6) is -0.833. The number of anilines is 1. The molecule has 4 aromatic rings. The molecule has 0 aliphatic carbocycles. The normalized spacial score (nSPS) is 11.9. The molecule has 0 aromatic heterocycles. The number of nitrogens with one attached hydrogen (secondary N) is 1. The predicted octanol–water partition coefficient (Wildman–Crippen LogP) is 7.02. The number of benzene rings is 4. The highest BCUT2D eigenvalue weighted by molar-refractivity contribution is 7.92. The van der Waals surface area contributed by atoms with E-state index in [0.717, 1.165) is 33.8 Å². The monoisotopic (exact) mass is 659 g/mol. The molecule has 0 saturated carbocycles. The largest absolute Gasteiger partial charge is 0.354 e. The molecule has 0 bridgehead atoms. The second kappa shape index (κ2) is 15.9. The fourth-order valence-electron chi connectivity index (χ4n) is 5.21. The van der Waals surface area contributed by atoms with Gasteiger partial charge in [0.1, 0.15) is 12.6 Å². The van der Waals surface area contributed by atoms with Crippen molar-refractivity contribution in [2.45, 2.75) is 64.4 Å². The van der Waals surface area contributed by atoms with Crippen LogP contribution in [0.2, 0.25) is 5.02 Å². The van der Waals surface area contributed by atoms with Crippen LogP contribution in [0.1, 0.15) is 47.6 Å². The molecule has 1 N–H and O–H groups in total. The van der Waals surface area contributed by atoms with E-state index in [9.17, 15) is 18.0 Å². The summed E-state index contributed by atoms with van der Waals surface area (Å²) in [5.41, 5.74) is 4.38. The molecule has 0 spiro atoms. The summed E-state index contributed by atoms with van der Waals surface area (Å²) in [7, 11) is -4.18. The number of aryl methyl sites for hydroxylation is 3. The minimum atomic E-state index is -4.18. The maximum Gasteiger partial charge on any atom is 0.264 e. The van der Waals surface area contributed by atoms with Gasteiger partial charge < -0.3 is 10.2 Å². The number of halogens is 1. The van der Waals surface area contributed by atoms with Crippen LogP contribution in [0.15, 0.2) is 102 Å². The summed E-state index contributed by atoms with van der Waals surface area (Å²) in [6, 6.07) is 27.8. The minimum Gasteiger partial charge on any atom is -0.354 e. The lowest BCUT2D eigenvalue weighted by atomic mass is 10.0. The van der Waals surface area contributed by atoms with Crippen molar-refractivity contribution < 1.29 is 18.0 Å². The number of amides is 2. The maximum absolute atomic E-state index is 14.6. The van der Waals surface area contributed by atoms with E-state index in [-0.39, 0.29) is 23.8 Å². The van der Waals surface area contributed by atoms with E-state index in [2.05, 4.69) is 5.32 Å². The van der Waals surface area contributed by atoms with E-state index in [0.29, 0.717) is 28.4 Å². The van der Waals surface area contributed by atoms with Gasteiger partial charge in [0.05, 0.1) is 10.6 Å². The topological polar surface area (TPSA) is 86.8 Å². The molecule has 0 radical (unpaired) electrons. The van der Waals surface area contributed by atoms with Crippen molar-refractivity contribution >= 4 is 39.1 Å². The third kappa shape index (κ3) is 8.77. The van der Waals surface area contributed by atoms with Gasteiger partial charge in [-0.2, -0.15) is 0 Å². The number of hydrogen-bond donors (Lipinski definition) is 1. The molecular formula is C37H42ClN3O4S. The number of unbranched alkanes of at least 4 members (excludes halogenated alkanes) is 1. The molecule has 0 saturated heterocycles. The third-order valence-electron chi connectivity index (χ3n) is 7.92. The van der Waals surface area contributed by atoms with Gasteiger partial charge >= 0.3 is 0 Å². The van der Waals surface area contributed by atoms with Crippen molar-refractivity contribution in [1.82, 2.24) is 10.2 Å². The Balaban J connectivity index is 1.83. The summed E-state index contributed by atoms with van der Waals surface area (Å²) >= 11 is 6.58. The summed E-state index contributed by atoms with van der Waals surface area (Å²) in [6.45, 7) is 7.58. The van der Waals surface area contributed by atoms with Crippen LogP contribution in [-0.2, 0) is 32.6 Å². The Kier molecular flexibility index (Phi) is 12.0. The number of sulfonamides is 1. The van der Waals surface area contributed by atoms with Crippen LogP contribution in [-0.4, -0.2) is 44.3 Å². The molecule has 0 unspecified atom stereocenters. The van der Waals surface area contributed by atoms with Gasteiger partial charge in [-0.25, -0.2) is 8.42 Å². The SMILES string of the molecule is CCCCNC(=O)[C@H](Cc1ccccc1)N(Cc1ccccc1Cl)C(=O)CN(c1cc(C)ccc1C)S(=O)(=O)c1ccc(C)cc1. The second-order valence-electron chi connectivity index (χ2n) is 11.6. The van der Waals surface area contributed by atoms with Gasteiger partial charge in [0.15, 0.2) is 0 Å². The van der Waals surface area contributed by atoms with Crippen LogP contribution in [0, 0.1) is 20.8 Å². The number of carbonyl (C=O) groups is 2. The van der Waals surface area contributed by atoms with E-state index < -0.39 is 28.5 Å². The number of carbonyl (C=O) groups excluding carboxylic acids is 2. The highest BCUT2D eigenvalue weighted by Crippen LogP contribution is 2.29. The van der Waals surface area contributed by atoms with Gasteiger partial charge in [-0.1, -0.05) is 103 Å². The van der Waals surface area contributed by atoms with Crippen molar-refractivity contribution in [3.8, 4) is 0 Å². The first-order chi connectivity index (χ1) is 22.0. The zero-order valence-electron chi connectivity index (χ0n) is 26.9. The van der Waals surface area contributed by atoms with E-state index in [4.69, 9.17) is 11.6 Å². The van der Waals surface area contributed by atoms with Crippen LogP contribution in [0.5, 0.6) is 0 Å². The molecule has 7 nitrogen and oxygen atoms in total. The molecular weight excluding hydrogens is 618 g/mol. The molecule has 0 aliphatic heterocycles. The summed E-state index contributed by atoms with van der Waals surface area (Å²) in [6.07, 6.45) is 1.92. The van der Waals surface area contributed by atoms with Gasteiger partial charge in [0.2, 0.25) is 11.8 Å². The fourth-order valence-corrected chi connectivity index (χ4v) is 6.88. The Morgan fingerprint density at radius 3 is 2.17 bits per heavy atom. The minimum absolute atomic E-state index is 0.0163. The number of hydrogen-bond acceptors (Lipinski definition) is 4. The van der Waals surface area contributed by atoms with E-state index in [1.54, 1.807) is 42.5 Å². The van der Waals surface area contributed by atoms with Gasteiger partial charge in [-0.3, -0.25) is 13.9 Å². The van der Waals surface area contributed by atoms with Crippen LogP contribution < -0.4 is 9.62 Å². The highest BCUT2D eigenvalue weighted by Gasteiger charge is 2.35. The molecule has 0 aliphatic rings. The van der Waals surface area contributed by atoms with Crippen molar-refractivity contribution in [2.75, 3.05) is 17.4 Å². The first kappa shape index (κ1) is 34.7. The van der Waals surface area contributed by atoms with Gasteiger partial charge in [-0.05, 0) is 73.7 Å². The molecule has 0 heterocycles. The van der Waals surface area contributed by atoms with Crippen molar-refractivity contribution in [2.24, 2.45) is 0 Å².